The number of esters is 1. The molecule has 0 bridgehead atoms. The fraction of sp³-hybridized carbons (Fsp3) is 0.300. The van der Waals surface area contributed by atoms with Crippen molar-refractivity contribution in [2.45, 2.75) is 25.6 Å². The summed E-state index contributed by atoms with van der Waals surface area (Å²) in [5, 5.41) is 2.61. The van der Waals surface area contributed by atoms with Crippen LogP contribution in [0.1, 0.15) is 29.3 Å². The van der Waals surface area contributed by atoms with Gasteiger partial charge in [0.25, 0.3) is 0 Å². The van der Waals surface area contributed by atoms with E-state index >= 15 is 0 Å². The van der Waals surface area contributed by atoms with Crippen LogP contribution in [0.25, 0.3) is 11.1 Å². The molecule has 2 rings (SSSR count). The molecule has 2 aromatic carbocycles. The van der Waals surface area contributed by atoms with Crippen LogP contribution in [-0.2, 0) is 20.4 Å². The standard InChI is InChI=1S/C20H20F3NO4/c1-12(27-2)9-18(25)24-17-8-7-14(11-16(17)19(26)28-3)13-5-4-6-15(10-13)20(21,22)23/h4-8,10-12H,9H2,1-3H3,(H,24,25). The number of rotatable bonds is 6. The number of hydrogen-bond acceptors (Lipinski definition) is 4. The fourth-order valence-electron chi connectivity index (χ4n) is 2.53. The van der Waals surface area contributed by atoms with Gasteiger partial charge in [0.2, 0.25) is 5.91 Å². The van der Waals surface area contributed by atoms with Crippen LogP contribution in [-0.4, -0.2) is 32.2 Å². The Balaban J connectivity index is 2.40. The molecule has 0 heterocycles. The second kappa shape index (κ2) is 8.88. The Morgan fingerprint density at radius 2 is 1.75 bits per heavy atom. The molecular formula is C20H20F3NO4. The largest absolute Gasteiger partial charge is 0.465 e. The average Bonchev–Trinajstić information content (AvgIpc) is 2.66. The molecule has 1 unspecified atom stereocenters. The normalized spacial score (nSPS) is 12.4. The molecule has 0 saturated heterocycles. The van der Waals surface area contributed by atoms with E-state index in [-0.39, 0.29) is 35.2 Å². The van der Waals surface area contributed by atoms with Gasteiger partial charge in [0.05, 0.1) is 36.4 Å². The van der Waals surface area contributed by atoms with Gasteiger partial charge in [0, 0.05) is 7.11 Å². The smallest absolute Gasteiger partial charge is 0.416 e. The van der Waals surface area contributed by atoms with E-state index in [0.29, 0.717) is 5.56 Å². The molecule has 0 aliphatic heterocycles. The minimum Gasteiger partial charge on any atom is -0.465 e. The molecule has 5 nitrogen and oxygen atoms in total. The molecule has 0 radical (unpaired) electrons. The number of amides is 1. The van der Waals surface area contributed by atoms with Crippen LogP contribution in [0.2, 0.25) is 0 Å². The van der Waals surface area contributed by atoms with Crippen molar-refractivity contribution in [3.8, 4) is 11.1 Å². The van der Waals surface area contributed by atoms with E-state index in [0.717, 1.165) is 12.1 Å². The second-order valence-corrected chi connectivity index (χ2v) is 6.13. The molecule has 2 aromatic rings. The lowest BCUT2D eigenvalue weighted by molar-refractivity contribution is -0.137. The van der Waals surface area contributed by atoms with Crippen molar-refractivity contribution in [2.75, 3.05) is 19.5 Å². The minimum atomic E-state index is -4.48. The van der Waals surface area contributed by atoms with Crippen molar-refractivity contribution < 1.29 is 32.2 Å². The number of hydrogen-bond donors (Lipinski definition) is 1. The Morgan fingerprint density at radius 1 is 1.07 bits per heavy atom. The quantitative estimate of drug-likeness (QED) is 0.731. The minimum absolute atomic E-state index is 0.0378. The van der Waals surface area contributed by atoms with Crippen LogP contribution in [0.4, 0.5) is 18.9 Å². The Hall–Kier alpha value is -2.87. The first-order chi connectivity index (χ1) is 13.2. The summed E-state index contributed by atoms with van der Waals surface area (Å²) in [7, 11) is 2.65. The van der Waals surface area contributed by atoms with Gasteiger partial charge in [-0.3, -0.25) is 4.79 Å². The van der Waals surface area contributed by atoms with Crippen molar-refractivity contribution in [1.29, 1.82) is 0 Å². The summed E-state index contributed by atoms with van der Waals surface area (Å²) < 4.78 is 48.6. The molecule has 1 atom stereocenters. The van der Waals surface area contributed by atoms with Crippen LogP contribution in [0, 0.1) is 0 Å². The third-order valence-electron chi connectivity index (χ3n) is 4.10. The molecule has 0 saturated carbocycles. The van der Waals surface area contributed by atoms with Crippen LogP contribution in [0.15, 0.2) is 42.5 Å². The maximum Gasteiger partial charge on any atom is 0.416 e. The fourth-order valence-corrected chi connectivity index (χ4v) is 2.53. The molecule has 0 fully saturated rings. The summed E-state index contributed by atoms with van der Waals surface area (Å²) in [6.45, 7) is 1.72. The van der Waals surface area contributed by atoms with Gasteiger partial charge >= 0.3 is 12.1 Å². The van der Waals surface area contributed by atoms with Gasteiger partial charge in [0.1, 0.15) is 0 Å². The number of halogens is 3. The van der Waals surface area contributed by atoms with Crippen molar-refractivity contribution >= 4 is 17.6 Å². The van der Waals surface area contributed by atoms with Gasteiger partial charge in [-0.2, -0.15) is 13.2 Å². The van der Waals surface area contributed by atoms with Crippen molar-refractivity contribution in [1.82, 2.24) is 0 Å². The summed E-state index contributed by atoms with van der Waals surface area (Å²) in [6.07, 6.45) is -4.72. The van der Waals surface area contributed by atoms with Crippen LogP contribution < -0.4 is 5.32 Å². The number of methoxy groups -OCH3 is 2. The van der Waals surface area contributed by atoms with E-state index in [9.17, 15) is 22.8 Å². The van der Waals surface area contributed by atoms with Crippen LogP contribution >= 0.6 is 0 Å². The number of ether oxygens (including phenoxy) is 2. The molecule has 0 aliphatic carbocycles. The van der Waals surface area contributed by atoms with E-state index in [1.54, 1.807) is 6.92 Å². The molecular weight excluding hydrogens is 375 g/mol. The third-order valence-corrected chi connectivity index (χ3v) is 4.10. The number of nitrogens with one attached hydrogen (secondary N) is 1. The van der Waals surface area contributed by atoms with E-state index < -0.39 is 17.7 Å². The molecule has 1 N–H and O–H groups in total. The lowest BCUT2D eigenvalue weighted by atomic mass is 9.99. The van der Waals surface area contributed by atoms with E-state index in [1.807, 2.05) is 0 Å². The number of carbonyl (C=O) groups is 2. The first-order valence-corrected chi connectivity index (χ1v) is 8.38. The lowest BCUT2D eigenvalue weighted by Gasteiger charge is -2.14. The van der Waals surface area contributed by atoms with Crippen molar-refractivity contribution in [3.63, 3.8) is 0 Å². The molecule has 8 heteroatoms. The number of alkyl halides is 3. The van der Waals surface area contributed by atoms with Gasteiger partial charge in [-0.25, -0.2) is 4.79 Å². The summed E-state index contributed by atoms with van der Waals surface area (Å²) in [5.74, 6) is -1.09. The Morgan fingerprint density at radius 3 is 2.36 bits per heavy atom. The first kappa shape index (κ1) is 21.4. The highest BCUT2D eigenvalue weighted by atomic mass is 19.4. The van der Waals surface area contributed by atoms with Crippen LogP contribution in [0.5, 0.6) is 0 Å². The van der Waals surface area contributed by atoms with E-state index in [1.165, 1.54) is 44.6 Å². The molecule has 0 spiro atoms. The Labute approximate surface area is 160 Å². The monoisotopic (exact) mass is 395 g/mol. The number of carbonyl (C=O) groups excluding carboxylic acids is 2. The summed E-state index contributed by atoms with van der Waals surface area (Å²) in [4.78, 5) is 24.2. The predicted molar refractivity (Wildman–Crippen MR) is 97.9 cm³/mol. The topological polar surface area (TPSA) is 64.6 Å². The van der Waals surface area contributed by atoms with E-state index in [4.69, 9.17) is 9.47 Å². The van der Waals surface area contributed by atoms with Gasteiger partial charge in [0.15, 0.2) is 0 Å². The summed E-state index contributed by atoms with van der Waals surface area (Å²) >= 11 is 0. The highest BCUT2D eigenvalue weighted by Gasteiger charge is 2.30. The molecule has 28 heavy (non-hydrogen) atoms. The zero-order chi connectivity index (χ0) is 20.9. The Kier molecular flexibility index (Phi) is 6.80. The molecule has 0 aromatic heterocycles. The van der Waals surface area contributed by atoms with Gasteiger partial charge in [-0.05, 0) is 42.3 Å². The SMILES string of the molecule is COC(=O)c1cc(-c2cccc(C(F)(F)F)c2)ccc1NC(=O)CC(C)OC. The van der Waals surface area contributed by atoms with Crippen molar-refractivity contribution in [3.05, 3.63) is 53.6 Å². The summed E-state index contributed by atoms with van der Waals surface area (Å²) in [6, 6.07) is 9.12. The molecule has 0 aliphatic rings. The highest BCUT2D eigenvalue weighted by Crippen LogP contribution is 2.33. The van der Waals surface area contributed by atoms with Crippen LogP contribution in [0.3, 0.4) is 0 Å². The highest BCUT2D eigenvalue weighted by molar-refractivity contribution is 6.02. The maximum absolute atomic E-state index is 13.0. The third kappa shape index (κ3) is 5.32. The predicted octanol–water partition coefficient (Wildman–Crippen LogP) is 4.52. The van der Waals surface area contributed by atoms with Gasteiger partial charge < -0.3 is 14.8 Å². The van der Waals surface area contributed by atoms with E-state index in [2.05, 4.69) is 5.32 Å². The zero-order valence-corrected chi connectivity index (χ0v) is 15.6. The lowest BCUT2D eigenvalue weighted by Crippen LogP contribution is -2.20. The Bertz CT molecular complexity index is 865. The second-order valence-electron chi connectivity index (χ2n) is 6.13. The molecule has 150 valence electrons. The number of benzene rings is 2. The maximum atomic E-state index is 13.0. The summed E-state index contributed by atoms with van der Waals surface area (Å²) in [5.41, 5.74) is 0.114. The average molecular weight is 395 g/mol. The first-order valence-electron chi connectivity index (χ1n) is 8.38. The van der Waals surface area contributed by atoms with Gasteiger partial charge in [-0.1, -0.05) is 18.2 Å². The van der Waals surface area contributed by atoms with Crippen molar-refractivity contribution in [2.24, 2.45) is 0 Å². The zero-order valence-electron chi connectivity index (χ0n) is 15.6. The number of anilines is 1. The van der Waals surface area contributed by atoms with Gasteiger partial charge in [-0.15, -0.1) is 0 Å². The molecule has 1 amide bonds.